The van der Waals surface area contributed by atoms with Crippen LogP contribution in [0.1, 0.15) is 12.1 Å². The number of aromatic nitrogens is 4. The largest absolute Gasteiger partial charge is 0.495 e. The Bertz CT molecular complexity index is 1600. The molecule has 0 bridgehead atoms. The van der Waals surface area contributed by atoms with Crippen molar-refractivity contribution in [2.45, 2.75) is 12.8 Å². The molecule has 0 unspecified atom stereocenters. The van der Waals surface area contributed by atoms with Crippen LogP contribution in [0.25, 0.3) is 27.8 Å². The number of likely N-dealkylation sites (N-methyl/N-ethyl adjacent to an activating group) is 2. The van der Waals surface area contributed by atoms with Gasteiger partial charge in [-0.1, -0.05) is 23.2 Å². The van der Waals surface area contributed by atoms with Crippen molar-refractivity contribution in [2.75, 3.05) is 106 Å². The number of anilines is 1. The maximum absolute atomic E-state index is 6.91. The zero-order valence-corrected chi connectivity index (χ0v) is 28.2. The minimum atomic E-state index is 0.396. The van der Waals surface area contributed by atoms with Gasteiger partial charge in [-0.3, -0.25) is 9.30 Å². The molecule has 0 radical (unpaired) electrons. The van der Waals surface area contributed by atoms with Crippen LogP contribution >= 0.6 is 23.2 Å². The molecule has 4 aromatic rings. The standard InChI is InChI=1S/C32H43Cl2N9O2/c1-39-10-14-41(15-11-39)8-5-6-23-21-43-30-22(20-36-32(38-30)35-7-9-42-16-12-40(2)13-17-42)18-24(31(43)37-23)27-28(33)25(44-3)19-26(45-4)29(27)34/h18-21H,5-17H2,1-4H3,(H,35,36,38). The van der Waals surface area contributed by atoms with Gasteiger partial charge in [0.25, 0.3) is 0 Å². The summed E-state index contributed by atoms with van der Waals surface area (Å²) < 4.78 is 13.2. The minimum Gasteiger partial charge on any atom is -0.495 e. The van der Waals surface area contributed by atoms with Crippen molar-refractivity contribution in [1.29, 1.82) is 0 Å². The highest BCUT2D eigenvalue weighted by molar-refractivity contribution is 6.41. The molecule has 1 aromatic carbocycles. The van der Waals surface area contributed by atoms with E-state index in [-0.39, 0.29) is 0 Å². The van der Waals surface area contributed by atoms with Crippen molar-refractivity contribution in [3.8, 4) is 22.6 Å². The van der Waals surface area contributed by atoms with Gasteiger partial charge in [0.05, 0.1) is 30.0 Å². The first kappa shape index (κ1) is 32.0. The summed E-state index contributed by atoms with van der Waals surface area (Å²) in [5.74, 6) is 1.54. The number of nitrogens with one attached hydrogen (secondary N) is 1. The van der Waals surface area contributed by atoms with Gasteiger partial charge in [-0.05, 0) is 39.5 Å². The van der Waals surface area contributed by atoms with E-state index in [1.807, 2.05) is 16.7 Å². The lowest BCUT2D eigenvalue weighted by molar-refractivity contribution is 0.153. The molecule has 45 heavy (non-hydrogen) atoms. The molecule has 5 heterocycles. The lowest BCUT2D eigenvalue weighted by Crippen LogP contribution is -2.45. The van der Waals surface area contributed by atoms with Crippen LogP contribution in [0.4, 0.5) is 5.95 Å². The molecule has 2 fully saturated rings. The summed E-state index contributed by atoms with van der Waals surface area (Å²) in [6, 6.07) is 3.70. The van der Waals surface area contributed by atoms with E-state index in [1.165, 1.54) is 0 Å². The molecule has 2 saturated heterocycles. The number of benzene rings is 1. The van der Waals surface area contributed by atoms with E-state index in [1.54, 1.807) is 20.3 Å². The highest BCUT2D eigenvalue weighted by Gasteiger charge is 2.24. The second kappa shape index (κ2) is 14.2. The van der Waals surface area contributed by atoms with E-state index < -0.39 is 0 Å². The molecule has 2 aliphatic heterocycles. The van der Waals surface area contributed by atoms with Crippen molar-refractivity contribution in [1.82, 2.24) is 39.0 Å². The smallest absolute Gasteiger partial charge is 0.224 e. The van der Waals surface area contributed by atoms with E-state index >= 15 is 0 Å². The Balaban J connectivity index is 1.33. The number of aryl methyl sites for hydroxylation is 1. The second-order valence-corrected chi connectivity index (χ2v) is 12.8. The number of hydrogen-bond acceptors (Lipinski definition) is 10. The topological polar surface area (TPSA) is 86.5 Å². The Morgan fingerprint density at radius 3 is 2.04 bits per heavy atom. The third-order valence-electron chi connectivity index (χ3n) is 8.97. The molecule has 13 heteroatoms. The summed E-state index contributed by atoms with van der Waals surface area (Å²) in [5, 5.41) is 5.08. The number of piperazine rings is 2. The Morgan fingerprint density at radius 2 is 1.42 bits per heavy atom. The quantitative estimate of drug-likeness (QED) is 0.255. The zero-order chi connectivity index (χ0) is 31.5. The molecule has 0 amide bonds. The average molecular weight is 657 g/mol. The average Bonchev–Trinajstić information content (AvgIpc) is 3.48. The number of fused-ring (bicyclic) bond motifs is 3. The Hall–Kier alpha value is -2.93. The molecule has 0 atom stereocenters. The van der Waals surface area contributed by atoms with Crippen LogP contribution in [-0.2, 0) is 6.42 Å². The lowest BCUT2D eigenvalue weighted by atomic mass is 10.0. The van der Waals surface area contributed by atoms with E-state index in [9.17, 15) is 0 Å². The third kappa shape index (κ3) is 7.08. The number of rotatable bonds is 11. The van der Waals surface area contributed by atoms with E-state index in [2.05, 4.69) is 50.2 Å². The molecule has 0 aliphatic carbocycles. The number of pyridine rings is 1. The van der Waals surface area contributed by atoms with Crippen molar-refractivity contribution in [2.24, 2.45) is 0 Å². The van der Waals surface area contributed by atoms with Gasteiger partial charge in [0.15, 0.2) is 5.65 Å². The summed E-state index contributed by atoms with van der Waals surface area (Å²) in [6.45, 7) is 11.5. The number of hydrogen-bond donors (Lipinski definition) is 1. The number of methoxy groups -OCH3 is 2. The van der Waals surface area contributed by atoms with Gasteiger partial charge in [-0.25, -0.2) is 9.97 Å². The Kier molecular flexibility index (Phi) is 10.1. The summed E-state index contributed by atoms with van der Waals surface area (Å²) in [5.41, 5.74) is 3.84. The Morgan fingerprint density at radius 1 is 0.800 bits per heavy atom. The lowest BCUT2D eigenvalue weighted by Gasteiger charge is -2.32. The highest BCUT2D eigenvalue weighted by atomic mass is 35.5. The summed E-state index contributed by atoms with van der Waals surface area (Å²) in [4.78, 5) is 24.5. The maximum atomic E-state index is 6.91. The van der Waals surface area contributed by atoms with Crippen LogP contribution in [0.15, 0.2) is 24.5 Å². The van der Waals surface area contributed by atoms with Crippen LogP contribution in [0, 0.1) is 0 Å². The van der Waals surface area contributed by atoms with Gasteiger partial charge >= 0.3 is 0 Å². The molecule has 2 aliphatic rings. The van der Waals surface area contributed by atoms with E-state index in [4.69, 9.17) is 42.6 Å². The number of imidazole rings is 1. The van der Waals surface area contributed by atoms with Gasteiger partial charge < -0.3 is 29.5 Å². The summed E-state index contributed by atoms with van der Waals surface area (Å²) in [7, 11) is 7.51. The molecule has 242 valence electrons. The van der Waals surface area contributed by atoms with Crippen LogP contribution in [0.3, 0.4) is 0 Å². The second-order valence-electron chi connectivity index (χ2n) is 12.1. The summed E-state index contributed by atoms with van der Waals surface area (Å²) in [6.07, 6.45) is 5.80. The number of nitrogens with zero attached hydrogens (tertiary/aromatic N) is 8. The van der Waals surface area contributed by atoms with Gasteiger partial charge in [-0.2, -0.15) is 4.98 Å². The van der Waals surface area contributed by atoms with Crippen LogP contribution in [0.2, 0.25) is 10.0 Å². The fourth-order valence-electron chi connectivity index (χ4n) is 6.14. The van der Waals surface area contributed by atoms with Gasteiger partial charge in [0.2, 0.25) is 5.95 Å². The molecule has 1 N–H and O–H groups in total. The van der Waals surface area contributed by atoms with Gasteiger partial charge in [0, 0.05) is 100 Å². The first-order valence-corrected chi connectivity index (χ1v) is 16.4. The van der Waals surface area contributed by atoms with Crippen molar-refractivity contribution >= 4 is 45.8 Å². The monoisotopic (exact) mass is 655 g/mol. The maximum Gasteiger partial charge on any atom is 0.224 e. The predicted molar refractivity (Wildman–Crippen MR) is 182 cm³/mol. The highest BCUT2D eigenvalue weighted by Crippen LogP contribution is 2.47. The fraction of sp³-hybridized carbons (Fsp3) is 0.531. The van der Waals surface area contributed by atoms with Crippen molar-refractivity contribution in [3.05, 3.63) is 40.3 Å². The minimum absolute atomic E-state index is 0.396. The van der Waals surface area contributed by atoms with Crippen LogP contribution < -0.4 is 14.8 Å². The first-order valence-electron chi connectivity index (χ1n) is 15.7. The normalized spacial score (nSPS) is 17.4. The molecular weight excluding hydrogens is 613 g/mol. The van der Waals surface area contributed by atoms with Crippen LogP contribution in [0.5, 0.6) is 11.5 Å². The number of ether oxygens (including phenoxy) is 2. The van der Waals surface area contributed by atoms with Crippen LogP contribution in [-0.4, -0.2) is 139 Å². The fourth-order valence-corrected chi connectivity index (χ4v) is 6.85. The summed E-state index contributed by atoms with van der Waals surface area (Å²) >= 11 is 13.8. The van der Waals surface area contributed by atoms with Crippen molar-refractivity contribution < 1.29 is 9.47 Å². The molecule has 6 rings (SSSR count). The number of halogens is 2. The van der Waals surface area contributed by atoms with Crippen molar-refractivity contribution in [3.63, 3.8) is 0 Å². The van der Waals surface area contributed by atoms with E-state index in [0.717, 1.165) is 113 Å². The molecular formula is C32H43Cl2N9O2. The third-order valence-corrected chi connectivity index (χ3v) is 9.72. The SMILES string of the molecule is COc1cc(OC)c(Cl)c(-c2cc3cnc(NCCN4CCN(C)CC4)nc3n3cc(CCCN4CCN(C)CC4)nc23)c1Cl. The van der Waals surface area contributed by atoms with E-state index in [0.29, 0.717) is 33.1 Å². The molecule has 0 saturated carbocycles. The predicted octanol–water partition coefficient (Wildman–Crippen LogP) is 4.11. The first-order chi connectivity index (χ1) is 21.8. The molecule has 11 nitrogen and oxygen atoms in total. The Labute approximate surface area is 275 Å². The molecule has 3 aromatic heterocycles. The zero-order valence-electron chi connectivity index (χ0n) is 26.7. The van der Waals surface area contributed by atoms with Gasteiger partial charge in [0.1, 0.15) is 17.1 Å². The van der Waals surface area contributed by atoms with Gasteiger partial charge in [-0.15, -0.1) is 0 Å². The molecule has 0 spiro atoms.